The Balaban J connectivity index is 2.09. The molecule has 0 spiro atoms. The molecule has 2 fully saturated rings. The average molecular weight is 211 g/mol. The van der Waals surface area contributed by atoms with E-state index in [2.05, 4.69) is 5.32 Å². The Labute approximate surface area is 89.0 Å². The van der Waals surface area contributed by atoms with Crippen molar-refractivity contribution in [2.45, 2.75) is 37.8 Å². The van der Waals surface area contributed by atoms with Crippen molar-refractivity contribution in [3.63, 3.8) is 0 Å². The van der Waals surface area contributed by atoms with Crippen molar-refractivity contribution in [2.75, 3.05) is 13.1 Å². The molecule has 5 nitrogen and oxygen atoms in total. The van der Waals surface area contributed by atoms with Gasteiger partial charge in [-0.05, 0) is 32.4 Å². The summed E-state index contributed by atoms with van der Waals surface area (Å²) in [6.07, 6.45) is 2.92. The predicted octanol–water partition coefficient (Wildman–Crippen LogP) is -0.785. The largest absolute Gasteiger partial charge is 0.368 e. The van der Waals surface area contributed by atoms with Gasteiger partial charge in [0.05, 0.1) is 0 Å². The molecular formula is C10H17N3O2. The first-order valence-corrected chi connectivity index (χ1v) is 5.51. The molecule has 0 aromatic heterocycles. The summed E-state index contributed by atoms with van der Waals surface area (Å²) in [5.74, 6) is -0.273. The second-order valence-corrected chi connectivity index (χ2v) is 4.24. The van der Waals surface area contributed by atoms with Crippen LogP contribution in [0.4, 0.5) is 0 Å². The number of amides is 2. The fourth-order valence-electron chi connectivity index (χ4n) is 2.52. The zero-order valence-electron chi connectivity index (χ0n) is 8.74. The van der Waals surface area contributed by atoms with Crippen LogP contribution in [0.3, 0.4) is 0 Å². The molecule has 2 aliphatic rings. The van der Waals surface area contributed by atoms with Crippen LogP contribution in [-0.4, -0.2) is 41.9 Å². The molecule has 0 aliphatic carbocycles. The number of nitrogens with one attached hydrogen (secondary N) is 1. The molecular weight excluding hydrogens is 194 g/mol. The zero-order valence-corrected chi connectivity index (χ0v) is 8.74. The Morgan fingerprint density at radius 2 is 2.00 bits per heavy atom. The minimum absolute atomic E-state index is 0.0886. The molecule has 84 valence electrons. The topological polar surface area (TPSA) is 75.4 Å². The number of primary amides is 1. The second-order valence-electron chi connectivity index (χ2n) is 4.24. The number of hydrogen-bond acceptors (Lipinski definition) is 3. The monoisotopic (exact) mass is 211 g/mol. The molecule has 2 heterocycles. The van der Waals surface area contributed by atoms with E-state index >= 15 is 0 Å². The van der Waals surface area contributed by atoms with E-state index in [0.717, 1.165) is 25.9 Å². The first-order valence-electron chi connectivity index (χ1n) is 5.51. The molecule has 2 aliphatic heterocycles. The lowest BCUT2D eigenvalue weighted by Crippen LogP contribution is -2.51. The van der Waals surface area contributed by atoms with Crippen LogP contribution in [0.2, 0.25) is 0 Å². The van der Waals surface area contributed by atoms with Crippen LogP contribution >= 0.6 is 0 Å². The lowest BCUT2D eigenvalue weighted by atomic mass is 10.0. The molecule has 0 aromatic carbocycles. The van der Waals surface area contributed by atoms with Crippen LogP contribution in [-0.2, 0) is 9.59 Å². The van der Waals surface area contributed by atoms with Gasteiger partial charge < -0.3 is 16.0 Å². The van der Waals surface area contributed by atoms with Gasteiger partial charge in [0.2, 0.25) is 11.8 Å². The summed E-state index contributed by atoms with van der Waals surface area (Å²) in [4.78, 5) is 24.6. The van der Waals surface area contributed by atoms with E-state index in [1.165, 1.54) is 0 Å². The average Bonchev–Trinajstić information content (AvgIpc) is 2.61. The third kappa shape index (κ3) is 1.97. The van der Waals surface area contributed by atoms with Gasteiger partial charge in [0.1, 0.15) is 6.04 Å². The first kappa shape index (κ1) is 10.4. The predicted molar refractivity (Wildman–Crippen MR) is 55.0 cm³/mol. The number of rotatable bonds is 2. The standard InChI is InChI=1S/C10H17N3O2/c11-10(15)8-1-2-9(14)13(8)7-3-5-12-6-4-7/h7-8,12H,1-6H2,(H2,11,15). The van der Waals surface area contributed by atoms with Gasteiger partial charge in [-0.15, -0.1) is 0 Å². The normalized spacial score (nSPS) is 28.4. The molecule has 3 N–H and O–H groups in total. The second kappa shape index (κ2) is 4.18. The minimum Gasteiger partial charge on any atom is -0.368 e. The van der Waals surface area contributed by atoms with Gasteiger partial charge in [-0.25, -0.2) is 0 Å². The Bertz CT molecular complexity index is 274. The van der Waals surface area contributed by atoms with Gasteiger partial charge in [0.25, 0.3) is 0 Å². The molecule has 1 unspecified atom stereocenters. The summed E-state index contributed by atoms with van der Waals surface area (Å²) in [6.45, 7) is 1.83. The summed E-state index contributed by atoms with van der Waals surface area (Å²) in [7, 11) is 0. The molecule has 0 saturated carbocycles. The van der Waals surface area contributed by atoms with Crippen molar-refractivity contribution in [3.05, 3.63) is 0 Å². The molecule has 1 atom stereocenters. The molecule has 5 heteroatoms. The van der Waals surface area contributed by atoms with Crippen molar-refractivity contribution < 1.29 is 9.59 Å². The smallest absolute Gasteiger partial charge is 0.240 e. The third-order valence-electron chi connectivity index (χ3n) is 3.29. The quantitative estimate of drug-likeness (QED) is 0.629. The van der Waals surface area contributed by atoms with E-state index in [4.69, 9.17) is 5.73 Å². The summed E-state index contributed by atoms with van der Waals surface area (Å²) in [5.41, 5.74) is 5.31. The van der Waals surface area contributed by atoms with E-state index in [-0.39, 0.29) is 23.9 Å². The molecule has 2 saturated heterocycles. The van der Waals surface area contributed by atoms with Crippen LogP contribution in [0.5, 0.6) is 0 Å². The highest BCUT2D eigenvalue weighted by atomic mass is 16.2. The summed E-state index contributed by atoms with van der Waals surface area (Å²) < 4.78 is 0. The van der Waals surface area contributed by atoms with Gasteiger partial charge in [-0.1, -0.05) is 0 Å². The summed E-state index contributed by atoms with van der Waals surface area (Å²) in [5, 5.41) is 3.24. The van der Waals surface area contributed by atoms with Crippen LogP contribution in [0.15, 0.2) is 0 Å². The third-order valence-corrected chi connectivity index (χ3v) is 3.29. The zero-order chi connectivity index (χ0) is 10.8. The van der Waals surface area contributed by atoms with E-state index in [1.54, 1.807) is 4.90 Å². The number of nitrogens with zero attached hydrogens (tertiary/aromatic N) is 1. The number of piperidine rings is 1. The highest BCUT2D eigenvalue weighted by Crippen LogP contribution is 2.25. The van der Waals surface area contributed by atoms with Crippen LogP contribution in [0, 0.1) is 0 Å². The molecule has 15 heavy (non-hydrogen) atoms. The molecule has 0 aromatic rings. The maximum absolute atomic E-state index is 11.7. The highest BCUT2D eigenvalue weighted by Gasteiger charge is 2.39. The minimum atomic E-state index is -0.362. The first-order chi connectivity index (χ1) is 7.20. The Hall–Kier alpha value is -1.10. The van der Waals surface area contributed by atoms with Crippen molar-refractivity contribution in [2.24, 2.45) is 5.73 Å². The number of likely N-dealkylation sites (tertiary alicyclic amines) is 1. The van der Waals surface area contributed by atoms with Gasteiger partial charge in [0, 0.05) is 12.5 Å². The van der Waals surface area contributed by atoms with Crippen LogP contribution < -0.4 is 11.1 Å². The Morgan fingerprint density at radius 3 is 2.60 bits per heavy atom. The maximum atomic E-state index is 11.7. The van der Waals surface area contributed by atoms with E-state index < -0.39 is 0 Å². The molecule has 0 radical (unpaired) electrons. The lowest BCUT2D eigenvalue weighted by Gasteiger charge is -2.34. The summed E-state index contributed by atoms with van der Waals surface area (Å²) in [6, 6.07) is -0.153. The van der Waals surface area contributed by atoms with Gasteiger partial charge in [-0.2, -0.15) is 0 Å². The lowest BCUT2D eigenvalue weighted by molar-refractivity contribution is -0.136. The Morgan fingerprint density at radius 1 is 1.33 bits per heavy atom. The SMILES string of the molecule is NC(=O)C1CCC(=O)N1C1CCNCC1. The van der Waals surface area contributed by atoms with E-state index in [9.17, 15) is 9.59 Å². The maximum Gasteiger partial charge on any atom is 0.240 e. The van der Waals surface area contributed by atoms with Gasteiger partial charge >= 0.3 is 0 Å². The molecule has 2 amide bonds. The van der Waals surface area contributed by atoms with Crippen molar-refractivity contribution >= 4 is 11.8 Å². The van der Waals surface area contributed by atoms with Crippen molar-refractivity contribution in [3.8, 4) is 0 Å². The number of carbonyl (C=O) groups is 2. The fraction of sp³-hybridized carbons (Fsp3) is 0.800. The van der Waals surface area contributed by atoms with Crippen LogP contribution in [0.1, 0.15) is 25.7 Å². The van der Waals surface area contributed by atoms with Crippen molar-refractivity contribution in [1.29, 1.82) is 0 Å². The molecule has 0 bridgehead atoms. The highest BCUT2D eigenvalue weighted by molar-refractivity contribution is 5.90. The van der Waals surface area contributed by atoms with E-state index in [0.29, 0.717) is 12.8 Å². The fourth-order valence-corrected chi connectivity index (χ4v) is 2.52. The Kier molecular flexibility index (Phi) is 2.90. The van der Waals surface area contributed by atoms with Gasteiger partial charge in [-0.3, -0.25) is 9.59 Å². The van der Waals surface area contributed by atoms with E-state index in [1.807, 2.05) is 0 Å². The summed E-state index contributed by atoms with van der Waals surface area (Å²) >= 11 is 0. The van der Waals surface area contributed by atoms with Crippen molar-refractivity contribution in [1.82, 2.24) is 10.2 Å². The van der Waals surface area contributed by atoms with Crippen LogP contribution in [0.25, 0.3) is 0 Å². The number of hydrogen-bond donors (Lipinski definition) is 2. The number of carbonyl (C=O) groups excluding carboxylic acids is 2. The number of nitrogens with two attached hydrogens (primary N) is 1. The van der Waals surface area contributed by atoms with Gasteiger partial charge in [0.15, 0.2) is 0 Å². The molecule has 2 rings (SSSR count).